The predicted octanol–water partition coefficient (Wildman–Crippen LogP) is 6.01. The van der Waals surface area contributed by atoms with Crippen LogP contribution in [0.3, 0.4) is 0 Å². The molecule has 2 aromatic carbocycles. The van der Waals surface area contributed by atoms with Crippen molar-refractivity contribution in [1.82, 2.24) is 0 Å². The van der Waals surface area contributed by atoms with Crippen molar-refractivity contribution in [3.05, 3.63) is 96.1 Å². The zero-order valence-electron chi connectivity index (χ0n) is 24.9. The van der Waals surface area contributed by atoms with Gasteiger partial charge in [-0.3, -0.25) is 0 Å². The highest BCUT2D eigenvalue weighted by atomic mass is 16.6. The first-order valence-corrected chi connectivity index (χ1v) is 12.7. The Labute approximate surface area is 249 Å². The van der Waals surface area contributed by atoms with Crippen molar-refractivity contribution >= 4 is 35.4 Å². The van der Waals surface area contributed by atoms with Gasteiger partial charge in [-0.15, -0.1) is 0 Å². The molecule has 0 amide bonds. The van der Waals surface area contributed by atoms with Crippen molar-refractivity contribution in [3.8, 4) is 28.7 Å². The highest BCUT2D eigenvalue weighted by molar-refractivity contribution is 5.99. The zero-order chi connectivity index (χ0) is 32.6. The van der Waals surface area contributed by atoms with Gasteiger partial charge in [0.15, 0.2) is 23.0 Å². The number of carbonyl (C=O) groups is 5. The number of ether oxygens (including phenoxy) is 5. The van der Waals surface area contributed by atoms with Crippen LogP contribution in [0.4, 0.5) is 0 Å². The fourth-order valence-corrected chi connectivity index (χ4v) is 2.92. The largest absolute Gasteiger partial charge is 0.423 e. The number of hydrogen-bond donors (Lipinski definition) is 0. The number of esters is 5. The topological polar surface area (TPSA) is 132 Å². The van der Waals surface area contributed by atoms with Gasteiger partial charge in [-0.25, -0.2) is 24.0 Å². The van der Waals surface area contributed by atoms with E-state index < -0.39 is 29.8 Å². The van der Waals surface area contributed by atoms with Gasteiger partial charge >= 0.3 is 29.8 Å². The molecule has 0 bridgehead atoms. The monoisotopic (exact) mass is 588 g/mol. The molecule has 0 aliphatic heterocycles. The van der Waals surface area contributed by atoms with E-state index in [9.17, 15) is 24.0 Å². The fraction of sp³-hybridized carbons (Fsp3) is 0.182. The van der Waals surface area contributed by atoms with Crippen molar-refractivity contribution in [1.29, 1.82) is 0 Å². The van der Waals surface area contributed by atoms with E-state index in [1.54, 1.807) is 13.0 Å². The highest BCUT2D eigenvalue weighted by Gasteiger charge is 2.21. The van der Waals surface area contributed by atoms with Crippen LogP contribution in [0.2, 0.25) is 0 Å². The highest BCUT2D eigenvalue weighted by Crippen LogP contribution is 2.35. The maximum absolute atomic E-state index is 13.2. The van der Waals surface area contributed by atoms with Crippen molar-refractivity contribution in [2.24, 2.45) is 0 Å². The van der Waals surface area contributed by atoms with Crippen LogP contribution in [-0.4, -0.2) is 29.8 Å². The fourth-order valence-electron chi connectivity index (χ4n) is 2.92. The molecule has 0 aliphatic carbocycles. The van der Waals surface area contributed by atoms with Crippen molar-refractivity contribution in [2.45, 2.75) is 41.5 Å². The molecule has 0 spiro atoms. The summed E-state index contributed by atoms with van der Waals surface area (Å²) in [6.07, 6.45) is 0. The molecule has 2 rings (SSSR count). The first-order valence-electron chi connectivity index (χ1n) is 12.7. The van der Waals surface area contributed by atoms with Crippen LogP contribution in [0.25, 0.3) is 5.57 Å². The summed E-state index contributed by atoms with van der Waals surface area (Å²) < 4.78 is 26.7. The standard InChI is InChI=1S/C33H32O10/c1-17(2)29(34)39-24-12-14-26(28(16-24)43-32(37)20(7)8)41-33(38)22(10)21(9)23-11-13-25(40-30(35)18(3)4)27(15-23)42-31(36)19(5)6/h11-16H,1,3,5,7H2,2,4,6,8-10H3. The van der Waals surface area contributed by atoms with Gasteiger partial charge in [0, 0.05) is 33.9 Å². The Balaban J connectivity index is 2.48. The number of benzene rings is 2. The Kier molecular flexibility index (Phi) is 11.3. The summed E-state index contributed by atoms with van der Waals surface area (Å²) >= 11 is 0. The van der Waals surface area contributed by atoms with Crippen LogP contribution >= 0.6 is 0 Å². The molecule has 0 saturated carbocycles. The van der Waals surface area contributed by atoms with Crippen LogP contribution in [0, 0.1) is 0 Å². The molecule has 2 aromatic rings. The normalized spacial score (nSPS) is 10.8. The minimum Gasteiger partial charge on any atom is -0.423 e. The zero-order valence-corrected chi connectivity index (χ0v) is 24.9. The lowest BCUT2D eigenvalue weighted by Gasteiger charge is -2.15. The van der Waals surface area contributed by atoms with Crippen molar-refractivity contribution in [2.75, 3.05) is 0 Å². The number of hydrogen-bond acceptors (Lipinski definition) is 10. The average molecular weight is 589 g/mol. The summed E-state index contributed by atoms with van der Waals surface area (Å²) in [4.78, 5) is 61.7. The number of allylic oxidation sites excluding steroid dienone is 1. The van der Waals surface area contributed by atoms with Crippen LogP contribution in [0.1, 0.15) is 47.1 Å². The minimum absolute atomic E-state index is 0.0186. The first kappa shape index (κ1) is 33.7. The maximum atomic E-state index is 13.2. The van der Waals surface area contributed by atoms with Gasteiger partial charge in [0.1, 0.15) is 5.75 Å². The van der Waals surface area contributed by atoms with Gasteiger partial charge in [0.25, 0.3) is 0 Å². The summed E-state index contributed by atoms with van der Waals surface area (Å²) in [5.74, 6) is -4.24. The SMILES string of the molecule is C=C(C)C(=O)Oc1ccc(OC(=O)C(C)=C(C)c2ccc(OC(=O)C(=C)C)c(OC(=O)C(=C)C)c2)c(OC(=O)C(=C)C)c1. The minimum atomic E-state index is -0.810. The average Bonchev–Trinajstić information content (AvgIpc) is 2.93. The number of carbonyl (C=O) groups excluding carboxylic acids is 5. The van der Waals surface area contributed by atoms with Crippen molar-refractivity contribution in [3.63, 3.8) is 0 Å². The summed E-state index contributed by atoms with van der Waals surface area (Å²) in [6.45, 7) is 23.1. The summed E-state index contributed by atoms with van der Waals surface area (Å²) in [6, 6.07) is 8.22. The molecule has 10 nitrogen and oxygen atoms in total. The van der Waals surface area contributed by atoms with Crippen LogP contribution in [0.15, 0.2) is 90.6 Å². The smallest absolute Gasteiger partial charge is 0.339 e. The Morgan fingerprint density at radius 2 is 0.837 bits per heavy atom. The third-order valence-corrected chi connectivity index (χ3v) is 5.58. The Morgan fingerprint density at radius 1 is 0.465 bits per heavy atom. The number of rotatable bonds is 11. The second kappa shape index (κ2) is 14.4. The summed E-state index contributed by atoms with van der Waals surface area (Å²) in [5, 5.41) is 0. The van der Waals surface area contributed by atoms with E-state index in [1.165, 1.54) is 65.0 Å². The lowest BCUT2D eigenvalue weighted by atomic mass is 10.0. The molecule has 224 valence electrons. The van der Waals surface area contributed by atoms with Crippen LogP contribution in [0.5, 0.6) is 28.7 Å². The molecule has 0 unspecified atom stereocenters. The lowest BCUT2D eigenvalue weighted by molar-refractivity contribution is -0.132. The molecular weight excluding hydrogens is 556 g/mol. The molecule has 0 aromatic heterocycles. The molecule has 0 radical (unpaired) electrons. The first-order chi connectivity index (χ1) is 20.0. The van der Waals surface area contributed by atoms with E-state index in [-0.39, 0.29) is 56.6 Å². The van der Waals surface area contributed by atoms with Gasteiger partial charge in [-0.05, 0) is 76.9 Å². The van der Waals surface area contributed by atoms with E-state index in [2.05, 4.69) is 26.3 Å². The Morgan fingerprint density at radius 3 is 1.30 bits per heavy atom. The van der Waals surface area contributed by atoms with E-state index in [0.717, 1.165) is 0 Å². The molecule has 0 aliphatic rings. The molecule has 43 heavy (non-hydrogen) atoms. The van der Waals surface area contributed by atoms with Gasteiger partial charge in [-0.2, -0.15) is 0 Å². The second-order valence-corrected chi connectivity index (χ2v) is 9.59. The van der Waals surface area contributed by atoms with E-state index in [1.807, 2.05) is 0 Å². The van der Waals surface area contributed by atoms with Crippen molar-refractivity contribution < 1.29 is 47.7 Å². The molecule has 10 heteroatoms. The van der Waals surface area contributed by atoms with Gasteiger partial charge in [-0.1, -0.05) is 32.4 Å². The van der Waals surface area contributed by atoms with Gasteiger partial charge < -0.3 is 23.7 Å². The molecular formula is C33H32O10. The third kappa shape index (κ3) is 9.25. The van der Waals surface area contributed by atoms with Crippen LogP contribution < -0.4 is 23.7 Å². The molecule has 0 atom stereocenters. The summed E-state index contributed by atoms with van der Waals surface area (Å²) in [7, 11) is 0. The van der Waals surface area contributed by atoms with Gasteiger partial charge in [0.2, 0.25) is 0 Å². The Hall–Kier alpha value is -5.51. The molecule has 0 fully saturated rings. The van der Waals surface area contributed by atoms with Crippen LogP contribution in [-0.2, 0) is 24.0 Å². The van der Waals surface area contributed by atoms with Gasteiger partial charge in [0.05, 0.1) is 0 Å². The molecule has 0 N–H and O–H groups in total. The van der Waals surface area contributed by atoms with E-state index in [0.29, 0.717) is 11.1 Å². The second-order valence-electron chi connectivity index (χ2n) is 9.59. The molecule has 0 saturated heterocycles. The third-order valence-electron chi connectivity index (χ3n) is 5.58. The molecule has 0 heterocycles. The quantitative estimate of drug-likeness (QED) is 0.175. The van der Waals surface area contributed by atoms with E-state index in [4.69, 9.17) is 23.7 Å². The predicted molar refractivity (Wildman–Crippen MR) is 159 cm³/mol. The lowest BCUT2D eigenvalue weighted by Crippen LogP contribution is -2.15. The Bertz CT molecular complexity index is 1600. The maximum Gasteiger partial charge on any atom is 0.339 e. The summed E-state index contributed by atoms with van der Waals surface area (Å²) in [5.41, 5.74) is 1.46. The van der Waals surface area contributed by atoms with E-state index >= 15 is 0 Å².